The van der Waals surface area contributed by atoms with E-state index in [0.29, 0.717) is 10.4 Å². The molecule has 2 aliphatic heterocycles. The minimum Gasteiger partial charge on any atom is -0.463 e. The highest BCUT2D eigenvalue weighted by molar-refractivity contribution is 7.98. The van der Waals surface area contributed by atoms with Crippen LogP contribution >= 0.6 is 23.1 Å². The van der Waals surface area contributed by atoms with Crippen molar-refractivity contribution in [2.24, 2.45) is 0 Å². The summed E-state index contributed by atoms with van der Waals surface area (Å²) in [5.74, 6) is -1.31. The molecule has 2 fully saturated rings. The van der Waals surface area contributed by atoms with E-state index in [1.54, 1.807) is 13.8 Å². The molecule has 0 bridgehead atoms. The lowest BCUT2D eigenvalue weighted by molar-refractivity contribution is -0.205. The van der Waals surface area contributed by atoms with Gasteiger partial charge in [0.05, 0.1) is 10.4 Å². The zero-order chi connectivity index (χ0) is 20.1. The minimum atomic E-state index is -1.42. The molecule has 0 amide bonds. The Labute approximate surface area is 170 Å². The second-order valence-electron chi connectivity index (χ2n) is 7.04. The van der Waals surface area contributed by atoms with Gasteiger partial charge in [-0.25, -0.2) is 9.97 Å². The van der Waals surface area contributed by atoms with E-state index in [4.69, 9.17) is 18.9 Å². The van der Waals surface area contributed by atoms with Gasteiger partial charge in [0.2, 0.25) is 5.60 Å². The second kappa shape index (κ2) is 6.93. The molecule has 0 unspecified atom stereocenters. The van der Waals surface area contributed by atoms with E-state index in [1.165, 1.54) is 36.3 Å². The number of thioether (sulfide) groups is 1. The fraction of sp³-hybridized carbons (Fsp3) is 0.556. The maximum absolute atomic E-state index is 11.3. The molecule has 0 spiro atoms. The Hall–Kier alpha value is -1.77. The number of hydrogen-bond donors (Lipinski definition) is 0. The molecule has 8 nitrogen and oxygen atoms in total. The van der Waals surface area contributed by atoms with E-state index in [2.05, 4.69) is 16.0 Å². The predicted octanol–water partition coefficient (Wildman–Crippen LogP) is 2.61. The molecule has 4 heterocycles. The van der Waals surface area contributed by atoms with Crippen molar-refractivity contribution < 1.29 is 23.7 Å². The third-order valence-electron chi connectivity index (χ3n) is 4.74. The van der Waals surface area contributed by atoms with Crippen LogP contribution in [0.4, 0.5) is 0 Å². The van der Waals surface area contributed by atoms with Crippen LogP contribution in [0, 0.1) is 11.3 Å². The molecule has 0 aliphatic carbocycles. The summed E-state index contributed by atoms with van der Waals surface area (Å²) in [5.41, 5.74) is -0.759. The van der Waals surface area contributed by atoms with Gasteiger partial charge in [0.25, 0.3) is 0 Å². The van der Waals surface area contributed by atoms with E-state index in [9.17, 15) is 10.1 Å². The summed E-state index contributed by atoms with van der Waals surface area (Å²) in [7, 11) is 0. The zero-order valence-corrected chi connectivity index (χ0v) is 17.4. The fourth-order valence-corrected chi connectivity index (χ4v) is 5.39. The van der Waals surface area contributed by atoms with Crippen LogP contribution in [0.2, 0.25) is 0 Å². The molecule has 0 saturated carbocycles. The second-order valence-corrected chi connectivity index (χ2v) is 8.71. The minimum absolute atomic E-state index is 0.0201. The van der Waals surface area contributed by atoms with Gasteiger partial charge < -0.3 is 18.9 Å². The normalized spacial score (nSPS) is 30.9. The van der Waals surface area contributed by atoms with Gasteiger partial charge in [-0.1, -0.05) is 0 Å². The lowest BCUT2D eigenvalue weighted by Crippen LogP contribution is -2.39. The highest BCUT2D eigenvalue weighted by Crippen LogP contribution is 2.52. The van der Waals surface area contributed by atoms with Gasteiger partial charge in [-0.2, -0.15) is 5.26 Å². The van der Waals surface area contributed by atoms with Gasteiger partial charge in [0.15, 0.2) is 5.79 Å². The van der Waals surface area contributed by atoms with Gasteiger partial charge >= 0.3 is 5.97 Å². The van der Waals surface area contributed by atoms with Crippen LogP contribution in [0.3, 0.4) is 0 Å². The van der Waals surface area contributed by atoms with E-state index in [-0.39, 0.29) is 6.61 Å². The molecule has 2 aliphatic rings. The largest absolute Gasteiger partial charge is 0.463 e. The molecule has 2 aromatic heterocycles. The Morgan fingerprint density at radius 1 is 1.39 bits per heavy atom. The van der Waals surface area contributed by atoms with Gasteiger partial charge in [0, 0.05) is 17.7 Å². The van der Waals surface area contributed by atoms with E-state index in [1.807, 2.05) is 11.6 Å². The third-order valence-corrected chi connectivity index (χ3v) is 6.54. The van der Waals surface area contributed by atoms with Crippen LogP contribution < -0.4 is 0 Å². The lowest BCUT2D eigenvalue weighted by Gasteiger charge is -2.28. The van der Waals surface area contributed by atoms with Gasteiger partial charge in [0.1, 0.15) is 42.3 Å². The molecule has 0 aromatic carbocycles. The molecule has 2 saturated heterocycles. The summed E-state index contributed by atoms with van der Waals surface area (Å²) >= 11 is 2.89. The standard InChI is InChI=1S/C18H19N3O5S2/c1-9(22)23-5-11-13-14(26-17(2,3)25-13)18(7-19,24-11)15-12-10(6-28-15)16(27-4)21-8-20-12/h6,8,11,13-14H,5H2,1-4H3/t11-,13-,14-,18-/m1/s1. The number of thiophene rings is 1. The van der Waals surface area contributed by atoms with Gasteiger partial charge in [-0.3, -0.25) is 4.79 Å². The summed E-state index contributed by atoms with van der Waals surface area (Å²) < 4.78 is 23.4. The van der Waals surface area contributed by atoms with Crippen LogP contribution in [0.1, 0.15) is 25.6 Å². The van der Waals surface area contributed by atoms with Crippen molar-refractivity contribution >= 4 is 40.0 Å². The summed E-state index contributed by atoms with van der Waals surface area (Å²) in [6, 6.07) is 2.31. The fourth-order valence-electron chi connectivity index (χ4n) is 3.67. The van der Waals surface area contributed by atoms with Crippen molar-refractivity contribution in [1.29, 1.82) is 5.26 Å². The highest BCUT2D eigenvalue weighted by Gasteiger charge is 2.65. The van der Waals surface area contributed by atoms with Crippen LogP contribution in [0.15, 0.2) is 16.7 Å². The molecule has 2 aromatic rings. The first-order chi connectivity index (χ1) is 13.3. The number of carbonyl (C=O) groups is 1. The van der Waals surface area contributed by atoms with Crippen LogP contribution in [0.25, 0.3) is 10.9 Å². The maximum Gasteiger partial charge on any atom is 0.302 e. The quantitative estimate of drug-likeness (QED) is 0.418. The molecular weight excluding hydrogens is 402 g/mol. The van der Waals surface area contributed by atoms with Gasteiger partial charge in [-0.05, 0) is 20.1 Å². The van der Waals surface area contributed by atoms with Crippen molar-refractivity contribution in [3.05, 3.63) is 16.6 Å². The number of fused-ring (bicyclic) bond motifs is 2. The van der Waals surface area contributed by atoms with Crippen molar-refractivity contribution in [3.63, 3.8) is 0 Å². The lowest BCUT2D eigenvalue weighted by atomic mass is 9.93. The number of ether oxygens (including phenoxy) is 4. The average Bonchev–Trinajstić information content (AvgIpc) is 3.30. The Morgan fingerprint density at radius 2 is 2.18 bits per heavy atom. The summed E-state index contributed by atoms with van der Waals surface area (Å²) in [6.07, 6.45) is 1.56. The maximum atomic E-state index is 11.3. The number of rotatable bonds is 4. The highest BCUT2D eigenvalue weighted by atomic mass is 32.2. The first-order valence-electron chi connectivity index (χ1n) is 8.66. The van der Waals surface area contributed by atoms with Crippen LogP contribution in [0.5, 0.6) is 0 Å². The van der Waals surface area contributed by atoms with Crippen LogP contribution in [-0.2, 0) is 29.3 Å². The first-order valence-corrected chi connectivity index (χ1v) is 10.8. The molecular formula is C18H19N3O5S2. The molecule has 4 atom stereocenters. The Balaban J connectivity index is 1.81. The molecule has 0 radical (unpaired) electrons. The topological polar surface area (TPSA) is 104 Å². The number of carbonyl (C=O) groups excluding carboxylic acids is 1. The Morgan fingerprint density at radius 3 is 2.86 bits per heavy atom. The average molecular weight is 422 g/mol. The number of hydrogen-bond acceptors (Lipinski definition) is 10. The molecule has 10 heteroatoms. The van der Waals surface area contributed by atoms with Crippen molar-refractivity contribution in [2.45, 2.75) is 55.5 Å². The van der Waals surface area contributed by atoms with E-state index >= 15 is 0 Å². The number of nitriles is 1. The Bertz CT molecular complexity index is 972. The Kier molecular flexibility index (Phi) is 4.84. The molecule has 148 valence electrons. The van der Waals surface area contributed by atoms with Crippen molar-refractivity contribution in [1.82, 2.24) is 9.97 Å². The van der Waals surface area contributed by atoms with E-state index < -0.39 is 35.7 Å². The third kappa shape index (κ3) is 2.98. The van der Waals surface area contributed by atoms with E-state index in [0.717, 1.165) is 10.4 Å². The zero-order valence-electron chi connectivity index (χ0n) is 15.8. The molecule has 0 N–H and O–H groups in total. The van der Waals surface area contributed by atoms with Gasteiger partial charge in [-0.15, -0.1) is 23.1 Å². The predicted molar refractivity (Wildman–Crippen MR) is 102 cm³/mol. The number of esters is 1. The summed E-state index contributed by atoms with van der Waals surface area (Å²) in [5, 5.41) is 13.8. The smallest absolute Gasteiger partial charge is 0.302 e. The summed E-state index contributed by atoms with van der Waals surface area (Å²) in [4.78, 5) is 20.6. The molecule has 28 heavy (non-hydrogen) atoms. The number of nitrogens with zero attached hydrogens (tertiary/aromatic N) is 3. The monoisotopic (exact) mass is 421 g/mol. The molecule has 4 rings (SSSR count). The first kappa shape index (κ1) is 19.5. The number of aromatic nitrogens is 2. The van der Waals surface area contributed by atoms with Crippen molar-refractivity contribution in [3.8, 4) is 6.07 Å². The SMILES string of the molecule is CSc1ncnc2c([C@]3(C#N)O[C@H](COC(C)=O)[C@H]4OC(C)(C)O[C@H]43)scc12. The van der Waals surface area contributed by atoms with Crippen molar-refractivity contribution in [2.75, 3.05) is 12.9 Å². The summed E-state index contributed by atoms with van der Waals surface area (Å²) in [6.45, 7) is 4.88. The van der Waals surface area contributed by atoms with Crippen LogP contribution in [-0.4, -0.2) is 52.9 Å².